The number of benzene rings is 1. The molecule has 0 saturated carbocycles. The van der Waals surface area contributed by atoms with Crippen molar-refractivity contribution in [3.8, 4) is 5.75 Å². The highest BCUT2D eigenvalue weighted by Gasteiger charge is 2.32. The van der Waals surface area contributed by atoms with E-state index in [2.05, 4.69) is 26.2 Å². The topological polar surface area (TPSA) is 57.0 Å². The summed E-state index contributed by atoms with van der Waals surface area (Å²) in [4.78, 5) is 12.4. The molecule has 0 saturated heterocycles. The minimum atomic E-state index is -0.490. The third-order valence-corrected chi connectivity index (χ3v) is 3.49. The Labute approximate surface area is 112 Å². The summed E-state index contributed by atoms with van der Waals surface area (Å²) in [5.41, 5.74) is 1.50. The molecule has 1 aliphatic heterocycles. The summed E-state index contributed by atoms with van der Waals surface area (Å²) in [5, 5.41) is 7.61. The predicted octanol–water partition coefficient (Wildman–Crippen LogP) is 1.76. The van der Waals surface area contributed by atoms with Gasteiger partial charge in [-0.1, -0.05) is 23.4 Å². The van der Waals surface area contributed by atoms with E-state index in [0.29, 0.717) is 16.7 Å². The molecule has 0 aliphatic carbocycles. The first-order valence-electron chi connectivity index (χ1n) is 5.51. The number of hydrogen-bond donors (Lipinski definition) is 0. The van der Waals surface area contributed by atoms with Crippen molar-refractivity contribution in [1.82, 2.24) is 15.0 Å². The van der Waals surface area contributed by atoms with Crippen LogP contribution in [0, 0.1) is 0 Å². The van der Waals surface area contributed by atoms with Crippen LogP contribution in [0.5, 0.6) is 5.75 Å². The van der Waals surface area contributed by atoms with Gasteiger partial charge >= 0.3 is 0 Å². The van der Waals surface area contributed by atoms with Gasteiger partial charge in [0.15, 0.2) is 10.7 Å². The Kier molecular flexibility index (Phi) is 2.66. The van der Waals surface area contributed by atoms with Gasteiger partial charge in [0, 0.05) is 13.5 Å². The molecule has 1 aromatic heterocycles. The van der Waals surface area contributed by atoms with E-state index in [1.165, 1.54) is 4.68 Å². The summed E-state index contributed by atoms with van der Waals surface area (Å²) in [6, 6.07) is 7.68. The molecule has 0 radical (unpaired) electrons. The second-order valence-electron chi connectivity index (χ2n) is 4.14. The van der Waals surface area contributed by atoms with Gasteiger partial charge in [-0.3, -0.25) is 4.79 Å². The molecule has 1 unspecified atom stereocenters. The van der Waals surface area contributed by atoms with Gasteiger partial charge in [-0.25, -0.2) is 4.68 Å². The number of fused-ring (bicyclic) bond motifs is 1. The molecular weight excluding hydrogens is 298 g/mol. The van der Waals surface area contributed by atoms with Gasteiger partial charge < -0.3 is 4.74 Å². The minimum Gasteiger partial charge on any atom is -0.482 e. The highest BCUT2D eigenvalue weighted by Crippen LogP contribution is 2.30. The van der Waals surface area contributed by atoms with Gasteiger partial charge in [0.1, 0.15) is 11.4 Å². The van der Waals surface area contributed by atoms with Gasteiger partial charge in [0.2, 0.25) is 5.78 Å². The lowest BCUT2D eigenvalue weighted by atomic mass is 10.1. The summed E-state index contributed by atoms with van der Waals surface area (Å²) >= 11 is 3.23. The molecule has 1 aromatic carbocycles. The first-order valence-corrected chi connectivity index (χ1v) is 6.30. The standard InChI is InChI=1S/C12H10BrN3O2/c1-16-10(12(13)14-15-16)11(17)9-6-7-4-2-3-5-8(7)18-9/h2-5,9H,6H2,1H3. The van der Waals surface area contributed by atoms with E-state index in [-0.39, 0.29) is 5.78 Å². The van der Waals surface area contributed by atoms with E-state index in [1.807, 2.05) is 24.3 Å². The van der Waals surface area contributed by atoms with Gasteiger partial charge in [0.25, 0.3) is 0 Å². The number of hydrogen-bond acceptors (Lipinski definition) is 4. The number of Topliss-reactive ketones (excluding diaryl/α,β-unsaturated/α-hetero) is 1. The quantitative estimate of drug-likeness (QED) is 0.793. The van der Waals surface area contributed by atoms with Crippen molar-refractivity contribution in [2.24, 2.45) is 7.05 Å². The molecule has 0 amide bonds. The van der Waals surface area contributed by atoms with E-state index in [1.54, 1.807) is 7.05 Å². The maximum Gasteiger partial charge on any atom is 0.224 e. The summed E-state index contributed by atoms with van der Waals surface area (Å²) in [6.45, 7) is 0. The van der Waals surface area contributed by atoms with Crippen LogP contribution in [-0.4, -0.2) is 26.9 Å². The van der Waals surface area contributed by atoms with Crippen LogP contribution >= 0.6 is 15.9 Å². The number of aromatic nitrogens is 3. The van der Waals surface area contributed by atoms with Crippen molar-refractivity contribution in [3.63, 3.8) is 0 Å². The Morgan fingerprint density at radius 2 is 2.28 bits per heavy atom. The third kappa shape index (κ3) is 1.73. The number of ketones is 1. The SMILES string of the molecule is Cn1nnc(Br)c1C(=O)C1Cc2ccccc2O1. The van der Waals surface area contributed by atoms with Crippen molar-refractivity contribution in [2.75, 3.05) is 0 Å². The zero-order valence-corrected chi connectivity index (χ0v) is 11.2. The number of aryl methyl sites for hydroxylation is 1. The molecule has 18 heavy (non-hydrogen) atoms. The van der Waals surface area contributed by atoms with Crippen molar-refractivity contribution in [2.45, 2.75) is 12.5 Å². The van der Waals surface area contributed by atoms with Gasteiger partial charge in [-0.2, -0.15) is 0 Å². The normalized spacial score (nSPS) is 17.3. The van der Waals surface area contributed by atoms with Crippen LogP contribution in [0.3, 0.4) is 0 Å². The lowest BCUT2D eigenvalue weighted by molar-refractivity contribution is 0.0814. The van der Waals surface area contributed by atoms with Crippen LogP contribution in [0.25, 0.3) is 0 Å². The van der Waals surface area contributed by atoms with E-state index >= 15 is 0 Å². The number of carbonyl (C=O) groups is 1. The lowest BCUT2D eigenvalue weighted by Crippen LogP contribution is -2.27. The fourth-order valence-electron chi connectivity index (χ4n) is 2.07. The lowest BCUT2D eigenvalue weighted by Gasteiger charge is -2.09. The fraction of sp³-hybridized carbons (Fsp3) is 0.250. The van der Waals surface area contributed by atoms with E-state index < -0.39 is 6.10 Å². The largest absolute Gasteiger partial charge is 0.482 e. The van der Waals surface area contributed by atoms with E-state index in [0.717, 1.165) is 11.3 Å². The van der Waals surface area contributed by atoms with Crippen LogP contribution < -0.4 is 4.74 Å². The van der Waals surface area contributed by atoms with Crippen LogP contribution in [0.4, 0.5) is 0 Å². The van der Waals surface area contributed by atoms with Crippen molar-refractivity contribution < 1.29 is 9.53 Å². The maximum absolute atomic E-state index is 12.4. The van der Waals surface area contributed by atoms with Crippen molar-refractivity contribution in [1.29, 1.82) is 0 Å². The smallest absolute Gasteiger partial charge is 0.224 e. The van der Waals surface area contributed by atoms with Gasteiger partial charge in [-0.15, -0.1) is 5.10 Å². The van der Waals surface area contributed by atoms with Crippen LogP contribution in [0.15, 0.2) is 28.9 Å². The molecule has 6 heteroatoms. The Bertz CT molecular complexity index is 579. The minimum absolute atomic E-state index is 0.106. The summed E-state index contributed by atoms with van der Waals surface area (Å²) in [7, 11) is 1.69. The highest BCUT2D eigenvalue weighted by molar-refractivity contribution is 9.10. The first kappa shape index (κ1) is 11.4. The summed E-state index contributed by atoms with van der Waals surface area (Å²) in [5.74, 6) is 0.674. The van der Waals surface area contributed by atoms with E-state index in [9.17, 15) is 4.79 Å². The average molecular weight is 308 g/mol. The maximum atomic E-state index is 12.4. The Balaban J connectivity index is 1.89. The Hall–Kier alpha value is -1.69. The fourth-order valence-corrected chi connectivity index (χ4v) is 2.60. The molecule has 1 aliphatic rings. The summed E-state index contributed by atoms with van der Waals surface area (Å²) in [6.07, 6.45) is 0.1000. The highest BCUT2D eigenvalue weighted by atomic mass is 79.9. The molecular formula is C12H10BrN3O2. The van der Waals surface area contributed by atoms with Crippen LogP contribution in [-0.2, 0) is 13.5 Å². The molecule has 2 heterocycles. The number of ether oxygens (including phenoxy) is 1. The third-order valence-electron chi connectivity index (χ3n) is 2.96. The molecule has 3 rings (SSSR count). The van der Waals surface area contributed by atoms with Crippen molar-refractivity contribution >= 4 is 21.7 Å². The first-order chi connectivity index (χ1) is 8.66. The second kappa shape index (κ2) is 4.20. The molecule has 0 spiro atoms. The molecule has 5 nitrogen and oxygen atoms in total. The molecule has 1 atom stereocenters. The molecule has 0 bridgehead atoms. The molecule has 92 valence electrons. The number of rotatable bonds is 2. The average Bonchev–Trinajstić information content (AvgIpc) is 2.92. The van der Waals surface area contributed by atoms with Crippen LogP contribution in [0.2, 0.25) is 0 Å². The second-order valence-corrected chi connectivity index (χ2v) is 4.89. The Morgan fingerprint density at radius 1 is 1.50 bits per heavy atom. The number of para-hydroxylation sites is 1. The van der Waals surface area contributed by atoms with Gasteiger partial charge in [-0.05, 0) is 27.6 Å². The van der Waals surface area contributed by atoms with E-state index in [4.69, 9.17) is 4.74 Å². The molecule has 2 aromatic rings. The van der Waals surface area contributed by atoms with Crippen molar-refractivity contribution in [3.05, 3.63) is 40.1 Å². The monoisotopic (exact) mass is 307 g/mol. The summed E-state index contributed by atoms with van der Waals surface area (Å²) < 4.78 is 7.57. The predicted molar refractivity (Wildman–Crippen MR) is 67.6 cm³/mol. The number of nitrogens with zero attached hydrogens (tertiary/aromatic N) is 3. The Morgan fingerprint density at radius 3 is 2.94 bits per heavy atom. The zero-order valence-electron chi connectivity index (χ0n) is 9.63. The van der Waals surface area contributed by atoms with Gasteiger partial charge in [0.05, 0.1) is 0 Å². The zero-order chi connectivity index (χ0) is 12.7. The number of halogens is 1. The molecule has 0 fully saturated rings. The number of carbonyl (C=O) groups excluding carboxylic acids is 1. The molecule has 0 N–H and O–H groups in total. The van der Waals surface area contributed by atoms with Crippen LogP contribution in [0.1, 0.15) is 16.1 Å².